The maximum Gasteiger partial charge on any atom is 0.407 e. The van der Waals surface area contributed by atoms with Gasteiger partial charge in [-0.05, 0) is 46.5 Å². The minimum Gasteiger partial charge on any atom is -0.465 e. The summed E-state index contributed by atoms with van der Waals surface area (Å²) in [6.45, 7) is 5.67. The van der Waals surface area contributed by atoms with Crippen LogP contribution in [0, 0.1) is 5.92 Å². The van der Waals surface area contributed by atoms with Gasteiger partial charge in [-0.3, -0.25) is 10.2 Å². The van der Waals surface area contributed by atoms with Crippen molar-refractivity contribution in [3.63, 3.8) is 0 Å². The van der Waals surface area contributed by atoms with Gasteiger partial charge in [-0.15, -0.1) is 0 Å². The molecule has 1 saturated carbocycles. The van der Waals surface area contributed by atoms with Gasteiger partial charge in [0.05, 0.1) is 0 Å². The SMILES string of the molecule is CC(C)(C)N(C(=O)O)[C@H]1CC[C@H](C(=O)NN)CC1. The standard InChI is InChI=1S/C12H23N3O3/c1-12(2,3)15(11(17)18)9-6-4-8(5-7-9)10(16)14-13/h8-9H,4-7,13H2,1-3H3,(H,14,16)(H,17,18)/t8-,9-. The Bertz CT molecular complexity index is 317. The van der Waals surface area contributed by atoms with Gasteiger partial charge >= 0.3 is 6.09 Å². The number of hydrogen-bond donors (Lipinski definition) is 3. The van der Waals surface area contributed by atoms with Crippen LogP contribution in [0.5, 0.6) is 0 Å². The van der Waals surface area contributed by atoms with E-state index in [1.807, 2.05) is 20.8 Å². The lowest BCUT2D eigenvalue weighted by molar-refractivity contribution is -0.126. The highest BCUT2D eigenvalue weighted by atomic mass is 16.4. The van der Waals surface area contributed by atoms with E-state index in [-0.39, 0.29) is 17.9 Å². The smallest absolute Gasteiger partial charge is 0.407 e. The highest BCUT2D eigenvalue weighted by molar-refractivity contribution is 5.78. The molecular formula is C12H23N3O3. The van der Waals surface area contributed by atoms with Crippen LogP contribution < -0.4 is 11.3 Å². The summed E-state index contributed by atoms with van der Waals surface area (Å²) < 4.78 is 0. The average molecular weight is 257 g/mol. The van der Waals surface area contributed by atoms with Crippen LogP contribution >= 0.6 is 0 Å². The molecule has 0 radical (unpaired) electrons. The molecule has 1 aliphatic carbocycles. The molecule has 4 N–H and O–H groups in total. The fourth-order valence-corrected chi connectivity index (χ4v) is 2.70. The number of carboxylic acid groups (broad SMARTS) is 1. The number of carbonyl (C=O) groups excluding carboxylic acids is 1. The molecule has 104 valence electrons. The highest BCUT2D eigenvalue weighted by Gasteiger charge is 2.36. The maximum atomic E-state index is 11.4. The Hall–Kier alpha value is -1.30. The van der Waals surface area contributed by atoms with Gasteiger partial charge in [-0.25, -0.2) is 10.6 Å². The zero-order valence-corrected chi connectivity index (χ0v) is 11.3. The van der Waals surface area contributed by atoms with Crippen molar-refractivity contribution < 1.29 is 14.7 Å². The van der Waals surface area contributed by atoms with Gasteiger partial charge in [0.1, 0.15) is 0 Å². The van der Waals surface area contributed by atoms with Gasteiger partial charge in [0, 0.05) is 17.5 Å². The summed E-state index contributed by atoms with van der Waals surface area (Å²) >= 11 is 0. The molecule has 0 saturated heterocycles. The van der Waals surface area contributed by atoms with Crippen LogP contribution in [-0.2, 0) is 4.79 Å². The Kier molecular flexibility index (Phi) is 4.56. The van der Waals surface area contributed by atoms with E-state index in [0.717, 1.165) is 0 Å². The zero-order chi connectivity index (χ0) is 13.9. The molecule has 0 spiro atoms. The zero-order valence-electron chi connectivity index (χ0n) is 11.3. The van der Waals surface area contributed by atoms with Crippen LogP contribution in [0.3, 0.4) is 0 Å². The number of nitrogens with two attached hydrogens (primary N) is 1. The molecule has 0 heterocycles. The van der Waals surface area contributed by atoms with Crippen LogP contribution in [0.4, 0.5) is 4.79 Å². The largest absolute Gasteiger partial charge is 0.465 e. The first kappa shape index (κ1) is 14.8. The number of amides is 2. The van der Waals surface area contributed by atoms with Gasteiger partial charge in [-0.1, -0.05) is 0 Å². The summed E-state index contributed by atoms with van der Waals surface area (Å²) in [5, 5.41) is 9.31. The lowest BCUT2D eigenvalue weighted by atomic mass is 9.83. The Labute approximate surface area is 107 Å². The molecule has 6 heteroatoms. The van der Waals surface area contributed by atoms with Crippen molar-refractivity contribution in [2.24, 2.45) is 11.8 Å². The molecule has 0 aromatic carbocycles. The Balaban J connectivity index is 2.66. The van der Waals surface area contributed by atoms with Crippen molar-refractivity contribution in [3.05, 3.63) is 0 Å². The van der Waals surface area contributed by atoms with Crippen molar-refractivity contribution in [2.75, 3.05) is 0 Å². The lowest BCUT2D eigenvalue weighted by Crippen LogP contribution is -2.52. The van der Waals surface area contributed by atoms with Gasteiger partial charge < -0.3 is 10.0 Å². The molecule has 0 bridgehead atoms. The van der Waals surface area contributed by atoms with Crippen molar-refractivity contribution in [1.29, 1.82) is 0 Å². The van der Waals surface area contributed by atoms with Gasteiger partial charge in [0.25, 0.3) is 0 Å². The monoisotopic (exact) mass is 257 g/mol. The lowest BCUT2D eigenvalue weighted by Gasteiger charge is -2.42. The number of hydrazine groups is 1. The minimum absolute atomic E-state index is 0.00988. The molecule has 0 aromatic rings. The van der Waals surface area contributed by atoms with Crippen molar-refractivity contribution in [2.45, 2.75) is 58.0 Å². The summed E-state index contributed by atoms with van der Waals surface area (Å²) in [7, 11) is 0. The summed E-state index contributed by atoms with van der Waals surface area (Å²) in [5.41, 5.74) is 1.75. The second kappa shape index (κ2) is 5.56. The third-order valence-electron chi connectivity index (χ3n) is 3.50. The highest BCUT2D eigenvalue weighted by Crippen LogP contribution is 2.31. The van der Waals surface area contributed by atoms with E-state index in [2.05, 4.69) is 5.43 Å². The van der Waals surface area contributed by atoms with Crippen molar-refractivity contribution >= 4 is 12.0 Å². The molecule has 0 unspecified atom stereocenters. The predicted molar refractivity (Wildman–Crippen MR) is 67.7 cm³/mol. The Morgan fingerprint density at radius 2 is 1.72 bits per heavy atom. The van der Waals surface area contributed by atoms with E-state index in [1.54, 1.807) is 0 Å². The summed E-state index contributed by atoms with van der Waals surface area (Å²) in [4.78, 5) is 24.3. The summed E-state index contributed by atoms with van der Waals surface area (Å²) in [6.07, 6.45) is 1.90. The van der Waals surface area contributed by atoms with E-state index in [1.165, 1.54) is 4.90 Å². The number of nitrogens with one attached hydrogen (secondary N) is 1. The third-order valence-corrected chi connectivity index (χ3v) is 3.50. The number of carbonyl (C=O) groups is 2. The number of rotatable bonds is 2. The fourth-order valence-electron chi connectivity index (χ4n) is 2.70. The van der Waals surface area contributed by atoms with E-state index in [9.17, 15) is 14.7 Å². The summed E-state index contributed by atoms with van der Waals surface area (Å²) in [6, 6.07) is -0.00988. The minimum atomic E-state index is -0.894. The molecule has 6 nitrogen and oxygen atoms in total. The summed E-state index contributed by atoms with van der Waals surface area (Å²) in [5.74, 6) is 4.88. The molecule has 2 amide bonds. The van der Waals surface area contributed by atoms with Crippen LogP contribution in [-0.4, -0.2) is 33.6 Å². The Morgan fingerprint density at radius 1 is 1.22 bits per heavy atom. The number of hydrogen-bond acceptors (Lipinski definition) is 3. The van der Waals surface area contributed by atoms with Crippen LogP contribution in [0.25, 0.3) is 0 Å². The normalized spacial score (nSPS) is 24.4. The topological polar surface area (TPSA) is 95.7 Å². The second-order valence-corrected chi connectivity index (χ2v) is 5.84. The molecular weight excluding hydrogens is 234 g/mol. The van der Waals surface area contributed by atoms with Gasteiger partial charge in [0.2, 0.25) is 5.91 Å². The first-order chi connectivity index (χ1) is 8.27. The Morgan fingerprint density at radius 3 is 2.06 bits per heavy atom. The van der Waals surface area contributed by atoms with Crippen LogP contribution in [0.15, 0.2) is 0 Å². The molecule has 0 aromatic heterocycles. The van der Waals surface area contributed by atoms with Crippen LogP contribution in [0.1, 0.15) is 46.5 Å². The van der Waals surface area contributed by atoms with Gasteiger partial charge in [0.15, 0.2) is 0 Å². The fraction of sp³-hybridized carbons (Fsp3) is 0.833. The van der Waals surface area contributed by atoms with E-state index >= 15 is 0 Å². The maximum absolute atomic E-state index is 11.4. The molecule has 0 aliphatic heterocycles. The molecule has 18 heavy (non-hydrogen) atoms. The second-order valence-electron chi connectivity index (χ2n) is 5.84. The van der Waals surface area contributed by atoms with E-state index in [4.69, 9.17) is 5.84 Å². The quantitative estimate of drug-likeness (QED) is 0.395. The van der Waals surface area contributed by atoms with Crippen molar-refractivity contribution in [3.8, 4) is 0 Å². The van der Waals surface area contributed by atoms with Crippen molar-refractivity contribution in [1.82, 2.24) is 10.3 Å². The van der Waals surface area contributed by atoms with E-state index < -0.39 is 11.6 Å². The molecule has 1 rings (SSSR count). The molecule has 1 fully saturated rings. The first-order valence-electron chi connectivity index (χ1n) is 6.30. The average Bonchev–Trinajstić information content (AvgIpc) is 2.26. The van der Waals surface area contributed by atoms with E-state index in [0.29, 0.717) is 25.7 Å². The van der Waals surface area contributed by atoms with Crippen LogP contribution in [0.2, 0.25) is 0 Å². The third kappa shape index (κ3) is 3.35. The van der Waals surface area contributed by atoms with Gasteiger partial charge in [-0.2, -0.15) is 0 Å². The number of nitrogens with zero attached hydrogens (tertiary/aromatic N) is 1. The molecule has 0 atom stereocenters. The molecule has 1 aliphatic rings. The first-order valence-corrected chi connectivity index (χ1v) is 6.30. The predicted octanol–water partition coefficient (Wildman–Crippen LogP) is 1.31.